The van der Waals surface area contributed by atoms with Crippen molar-refractivity contribution in [3.8, 4) is 0 Å². The van der Waals surface area contributed by atoms with Gasteiger partial charge in [0, 0.05) is 11.1 Å². The summed E-state index contributed by atoms with van der Waals surface area (Å²) in [6.07, 6.45) is 0.777. The van der Waals surface area contributed by atoms with Gasteiger partial charge in [-0.1, -0.05) is 19.6 Å². The number of benzene rings is 1. The molecule has 0 aliphatic carbocycles. The van der Waals surface area contributed by atoms with Gasteiger partial charge in [-0.25, -0.2) is 17.6 Å². The lowest BCUT2D eigenvalue weighted by atomic mass is 9.81. The van der Waals surface area contributed by atoms with Crippen LogP contribution in [0.15, 0.2) is 6.58 Å². The lowest BCUT2D eigenvalue weighted by Crippen LogP contribution is -2.09. The predicted molar refractivity (Wildman–Crippen MR) is 50.5 cm³/mol. The van der Waals surface area contributed by atoms with Crippen molar-refractivity contribution in [1.82, 2.24) is 0 Å². The van der Waals surface area contributed by atoms with Crippen LogP contribution >= 0.6 is 0 Å². The molecule has 0 fully saturated rings. The Morgan fingerprint density at radius 3 is 2.00 bits per heavy atom. The molecule has 0 spiro atoms. The van der Waals surface area contributed by atoms with Crippen LogP contribution in [0, 0.1) is 23.3 Å². The second-order valence-electron chi connectivity index (χ2n) is 3.08. The maximum absolute atomic E-state index is 13.4. The molecule has 1 rings (SSSR count). The molecule has 5 heteroatoms. The minimum Gasteiger partial charge on any atom is -0.206 e. The van der Waals surface area contributed by atoms with Gasteiger partial charge in [-0.2, -0.15) is 0 Å². The van der Waals surface area contributed by atoms with E-state index in [0.717, 1.165) is 6.08 Å². The van der Waals surface area contributed by atoms with Crippen molar-refractivity contribution in [2.24, 2.45) is 0 Å². The molecule has 15 heavy (non-hydrogen) atoms. The van der Waals surface area contributed by atoms with Gasteiger partial charge in [-0.05, 0) is 5.82 Å². The van der Waals surface area contributed by atoms with Crippen molar-refractivity contribution in [1.29, 1.82) is 0 Å². The third-order valence-corrected chi connectivity index (χ3v) is 1.99. The predicted octanol–water partition coefficient (Wildman–Crippen LogP) is 3.12. The zero-order valence-electron chi connectivity index (χ0n) is 7.95. The minimum atomic E-state index is -1.74. The quantitative estimate of drug-likeness (QED) is 0.307. The Balaban J connectivity index is 3.68. The highest BCUT2D eigenvalue weighted by Crippen LogP contribution is 2.28. The molecule has 1 unspecified atom stereocenters. The highest BCUT2D eigenvalue weighted by atomic mass is 19.2. The van der Waals surface area contributed by atoms with Gasteiger partial charge in [0.1, 0.15) is 5.82 Å². The third kappa shape index (κ3) is 1.78. The van der Waals surface area contributed by atoms with Crippen LogP contribution in [0.5, 0.6) is 0 Å². The molecule has 0 N–H and O–H groups in total. The standard InChI is InChI=1S/C10H7BF4/c1-3-5-7(12)6(4(2)11)9(14)10(15)8(5)13/h3-4H,1H2,2H3. The molecular formula is C10H7BF4. The summed E-state index contributed by atoms with van der Waals surface area (Å²) in [4.78, 5) is 0. The molecule has 0 nitrogen and oxygen atoms in total. The van der Waals surface area contributed by atoms with Gasteiger partial charge in [-0.15, -0.1) is 0 Å². The van der Waals surface area contributed by atoms with Gasteiger partial charge in [0.05, 0.1) is 7.85 Å². The molecule has 0 saturated carbocycles. The smallest absolute Gasteiger partial charge is 0.195 e. The Kier molecular flexibility index (Phi) is 3.22. The van der Waals surface area contributed by atoms with Crippen molar-refractivity contribution >= 4 is 13.9 Å². The number of hydrogen-bond donors (Lipinski definition) is 0. The molecule has 0 saturated heterocycles. The minimum absolute atomic E-state index is 0.677. The van der Waals surface area contributed by atoms with E-state index in [1.165, 1.54) is 6.92 Å². The molecule has 78 valence electrons. The van der Waals surface area contributed by atoms with E-state index in [1.807, 2.05) is 0 Å². The Labute approximate surface area is 86.0 Å². The second-order valence-corrected chi connectivity index (χ2v) is 3.08. The van der Waals surface area contributed by atoms with Crippen LogP contribution in [-0.2, 0) is 0 Å². The molecule has 0 amide bonds. The molecule has 0 heterocycles. The van der Waals surface area contributed by atoms with Crippen LogP contribution in [0.2, 0.25) is 0 Å². The van der Waals surface area contributed by atoms with E-state index in [-0.39, 0.29) is 0 Å². The highest BCUT2D eigenvalue weighted by Gasteiger charge is 2.24. The van der Waals surface area contributed by atoms with Crippen molar-refractivity contribution in [3.63, 3.8) is 0 Å². The molecule has 0 bridgehead atoms. The van der Waals surface area contributed by atoms with Crippen LogP contribution in [-0.4, -0.2) is 7.85 Å². The van der Waals surface area contributed by atoms with E-state index in [0.29, 0.717) is 0 Å². The first-order chi connectivity index (χ1) is 6.91. The summed E-state index contributed by atoms with van der Waals surface area (Å²) in [5.74, 6) is -7.20. The molecule has 0 aromatic heterocycles. The van der Waals surface area contributed by atoms with E-state index in [4.69, 9.17) is 7.85 Å². The summed E-state index contributed by atoms with van der Waals surface area (Å²) in [6, 6.07) is 0. The van der Waals surface area contributed by atoms with Crippen molar-refractivity contribution in [2.45, 2.75) is 12.7 Å². The van der Waals surface area contributed by atoms with Crippen LogP contribution in [0.4, 0.5) is 17.6 Å². The average molecular weight is 214 g/mol. The number of rotatable bonds is 2. The van der Waals surface area contributed by atoms with Crippen LogP contribution in [0.1, 0.15) is 23.9 Å². The van der Waals surface area contributed by atoms with Gasteiger partial charge >= 0.3 is 0 Å². The number of halogens is 4. The Morgan fingerprint density at radius 1 is 1.07 bits per heavy atom. The number of hydrogen-bond acceptors (Lipinski definition) is 0. The maximum atomic E-state index is 13.4. The molecule has 0 aliphatic heterocycles. The lowest BCUT2D eigenvalue weighted by molar-refractivity contribution is 0.423. The molecule has 1 aromatic carbocycles. The zero-order chi connectivity index (χ0) is 11.7. The fourth-order valence-corrected chi connectivity index (χ4v) is 1.25. The normalized spacial score (nSPS) is 12.6. The van der Waals surface area contributed by atoms with Gasteiger partial charge in [0.25, 0.3) is 0 Å². The van der Waals surface area contributed by atoms with E-state index in [1.54, 1.807) is 0 Å². The van der Waals surface area contributed by atoms with Crippen molar-refractivity contribution in [2.75, 3.05) is 0 Å². The van der Waals surface area contributed by atoms with Gasteiger partial charge in [0.2, 0.25) is 0 Å². The summed E-state index contributed by atoms with van der Waals surface area (Å²) >= 11 is 0. The fraction of sp³-hybridized carbons (Fsp3) is 0.200. The van der Waals surface area contributed by atoms with Crippen molar-refractivity contribution in [3.05, 3.63) is 41.0 Å². The Bertz CT molecular complexity index is 413. The maximum Gasteiger partial charge on any atom is 0.195 e. The third-order valence-electron chi connectivity index (χ3n) is 1.99. The van der Waals surface area contributed by atoms with Crippen molar-refractivity contribution < 1.29 is 17.6 Å². The monoisotopic (exact) mass is 214 g/mol. The summed E-state index contributed by atoms with van der Waals surface area (Å²) in [7, 11) is 5.25. The highest BCUT2D eigenvalue weighted by molar-refractivity contribution is 6.12. The first kappa shape index (κ1) is 11.8. The topological polar surface area (TPSA) is 0 Å². The fourth-order valence-electron chi connectivity index (χ4n) is 1.25. The average Bonchev–Trinajstić information content (AvgIpc) is 2.15. The van der Waals surface area contributed by atoms with E-state index >= 15 is 0 Å². The van der Waals surface area contributed by atoms with E-state index in [9.17, 15) is 17.6 Å². The van der Waals surface area contributed by atoms with Gasteiger partial charge in [0.15, 0.2) is 17.5 Å². The van der Waals surface area contributed by atoms with E-state index < -0.39 is 40.2 Å². The molecular weight excluding hydrogens is 207 g/mol. The zero-order valence-corrected chi connectivity index (χ0v) is 7.95. The first-order valence-corrected chi connectivity index (χ1v) is 4.15. The van der Waals surface area contributed by atoms with Crippen LogP contribution < -0.4 is 0 Å². The molecule has 1 atom stereocenters. The summed E-state index contributed by atoms with van der Waals surface area (Å²) in [6.45, 7) is 4.38. The Morgan fingerprint density at radius 2 is 1.60 bits per heavy atom. The second kappa shape index (κ2) is 4.09. The SMILES string of the molecule is [B]C(C)c1c(F)c(F)c(F)c(C=C)c1F. The largest absolute Gasteiger partial charge is 0.206 e. The first-order valence-electron chi connectivity index (χ1n) is 4.15. The van der Waals surface area contributed by atoms with Gasteiger partial charge < -0.3 is 0 Å². The summed E-state index contributed by atoms with van der Waals surface area (Å²) in [5.41, 5.74) is -1.38. The van der Waals surface area contributed by atoms with Gasteiger partial charge in [-0.3, -0.25) is 0 Å². The summed E-state index contributed by atoms with van der Waals surface area (Å²) in [5, 5.41) is 0. The lowest BCUT2D eigenvalue weighted by Gasteiger charge is -2.12. The molecule has 1 aromatic rings. The van der Waals surface area contributed by atoms with E-state index in [2.05, 4.69) is 6.58 Å². The molecule has 0 aliphatic rings. The summed E-state index contributed by atoms with van der Waals surface area (Å²) < 4.78 is 52.5. The molecule has 2 radical (unpaired) electrons. The van der Waals surface area contributed by atoms with Crippen LogP contribution in [0.3, 0.4) is 0 Å². The van der Waals surface area contributed by atoms with Crippen LogP contribution in [0.25, 0.3) is 6.08 Å². The Hall–Kier alpha value is -1.26.